The van der Waals surface area contributed by atoms with Crippen molar-refractivity contribution in [3.05, 3.63) is 23.7 Å². The van der Waals surface area contributed by atoms with Crippen molar-refractivity contribution in [1.82, 2.24) is 4.98 Å². The first-order chi connectivity index (χ1) is 9.29. The molecule has 4 nitrogen and oxygen atoms in total. The van der Waals surface area contributed by atoms with E-state index in [1.54, 1.807) is 11.3 Å². The number of carbonyl (C=O) groups excluding carboxylic acids is 1. The summed E-state index contributed by atoms with van der Waals surface area (Å²) in [6, 6.07) is 5.83. The van der Waals surface area contributed by atoms with Crippen LogP contribution in [-0.4, -0.2) is 17.4 Å². The topological polar surface area (TPSA) is 68.0 Å². The maximum atomic E-state index is 11.8. The maximum Gasteiger partial charge on any atom is 0.224 e. The number of aromatic nitrogens is 1. The lowest BCUT2D eigenvalue weighted by Crippen LogP contribution is -2.11. The predicted molar refractivity (Wildman–Crippen MR) is 80.4 cm³/mol. The largest absolute Gasteiger partial charge is 0.330 e. The van der Waals surface area contributed by atoms with E-state index in [2.05, 4.69) is 10.3 Å². The van der Waals surface area contributed by atoms with Crippen molar-refractivity contribution in [3.8, 4) is 0 Å². The van der Waals surface area contributed by atoms with Crippen molar-refractivity contribution in [2.24, 2.45) is 5.73 Å². The Balaban J connectivity index is 1.78. The molecule has 1 heterocycles. The fraction of sp³-hybridized carbons (Fsp3) is 0.429. The third-order valence-corrected chi connectivity index (χ3v) is 3.78. The molecule has 0 saturated carbocycles. The van der Waals surface area contributed by atoms with E-state index >= 15 is 0 Å². The third kappa shape index (κ3) is 4.29. The van der Waals surface area contributed by atoms with Crippen LogP contribution < -0.4 is 11.1 Å². The molecular weight excluding hydrogens is 258 g/mol. The van der Waals surface area contributed by atoms with Gasteiger partial charge in [-0.15, -0.1) is 11.3 Å². The summed E-state index contributed by atoms with van der Waals surface area (Å²) in [5.41, 5.74) is 9.00. The summed E-state index contributed by atoms with van der Waals surface area (Å²) in [7, 11) is 0. The second kappa shape index (κ2) is 7.21. The molecule has 102 valence electrons. The quantitative estimate of drug-likeness (QED) is 0.764. The molecule has 1 aromatic heterocycles. The summed E-state index contributed by atoms with van der Waals surface area (Å²) in [6.07, 6.45) is 4.71. The molecule has 19 heavy (non-hydrogen) atoms. The number of amides is 1. The highest BCUT2D eigenvalue weighted by Gasteiger charge is 2.04. The summed E-state index contributed by atoms with van der Waals surface area (Å²) in [4.78, 5) is 16.0. The van der Waals surface area contributed by atoms with Crippen LogP contribution in [0.5, 0.6) is 0 Å². The van der Waals surface area contributed by atoms with Crippen LogP contribution in [0.3, 0.4) is 0 Å². The zero-order valence-corrected chi connectivity index (χ0v) is 11.7. The number of benzene rings is 1. The van der Waals surface area contributed by atoms with Crippen LogP contribution >= 0.6 is 11.3 Å². The molecule has 0 spiro atoms. The monoisotopic (exact) mass is 277 g/mol. The zero-order chi connectivity index (χ0) is 13.5. The predicted octanol–water partition coefficient (Wildman–Crippen LogP) is 3.14. The SMILES string of the molecule is NCCCCCCC(=O)Nc1ccc2scnc2c1. The fourth-order valence-corrected chi connectivity index (χ4v) is 2.60. The van der Waals surface area contributed by atoms with E-state index in [0.717, 1.165) is 48.1 Å². The molecule has 5 heteroatoms. The van der Waals surface area contributed by atoms with Crippen LogP contribution in [0, 0.1) is 0 Å². The van der Waals surface area contributed by atoms with E-state index in [-0.39, 0.29) is 5.91 Å². The Bertz CT molecular complexity index is 538. The number of nitrogens with zero attached hydrogens (tertiary/aromatic N) is 1. The van der Waals surface area contributed by atoms with E-state index in [4.69, 9.17) is 5.73 Å². The van der Waals surface area contributed by atoms with E-state index in [1.165, 1.54) is 0 Å². The molecule has 3 N–H and O–H groups in total. The van der Waals surface area contributed by atoms with Gasteiger partial charge in [0, 0.05) is 12.1 Å². The highest BCUT2D eigenvalue weighted by molar-refractivity contribution is 7.16. The number of rotatable bonds is 7. The Kier molecular flexibility index (Phi) is 5.30. The molecule has 0 radical (unpaired) electrons. The molecule has 2 aromatic rings. The Morgan fingerprint density at radius 1 is 1.26 bits per heavy atom. The fourth-order valence-electron chi connectivity index (χ4n) is 1.94. The molecule has 0 bridgehead atoms. The minimum absolute atomic E-state index is 0.0716. The van der Waals surface area contributed by atoms with Crippen molar-refractivity contribution in [1.29, 1.82) is 0 Å². The summed E-state index contributed by atoms with van der Waals surface area (Å²) in [5.74, 6) is 0.0716. The second-order valence-electron chi connectivity index (χ2n) is 4.54. The van der Waals surface area contributed by atoms with E-state index in [9.17, 15) is 4.79 Å². The van der Waals surface area contributed by atoms with E-state index in [0.29, 0.717) is 6.42 Å². The first-order valence-corrected chi connectivity index (χ1v) is 7.51. The number of nitrogens with one attached hydrogen (secondary N) is 1. The maximum absolute atomic E-state index is 11.8. The van der Waals surface area contributed by atoms with Gasteiger partial charge >= 0.3 is 0 Å². The average molecular weight is 277 g/mol. The number of anilines is 1. The highest BCUT2D eigenvalue weighted by Crippen LogP contribution is 2.21. The van der Waals surface area contributed by atoms with Crippen LogP contribution in [0.1, 0.15) is 32.1 Å². The molecule has 0 aliphatic rings. The standard InChI is InChI=1S/C14H19N3OS/c15-8-4-2-1-3-5-14(18)17-11-6-7-13-12(9-11)16-10-19-13/h6-7,9-10H,1-5,8,15H2,(H,17,18). The minimum Gasteiger partial charge on any atom is -0.330 e. The number of hydrogen-bond acceptors (Lipinski definition) is 4. The first kappa shape index (κ1) is 14.0. The van der Waals surface area contributed by atoms with Gasteiger partial charge < -0.3 is 11.1 Å². The molecule has 0 saturated heterocycles. The van der Waals surface area contributed by atoms with Crippen LogP contribution in [0.4, 0.5) is 5.69 Å². The smallest absolute Gasteiger partial charge is 0.224 e. The summed E-state index contributed by atoms with van der Waals surface area (Å²) in [6.45, 7) is 0.736. The van der Waals surface area contributed by atoms with Crippen molar-refractivity contribution >= 4 is 33.1 Å². The number of unbranched alkanes of at least 4 members (excludes halogenated alkanes) is 3. The van der Waals surface area contributed by atoms with Gasteiger partial charge in [0.15, 0.2) is 0 Å². The molecule has 0 unspecified atom stereocenters. The Morgan fingerprint density at radius 2 is 2.11 bits per heavy atom. The summed E-state index contributed by atoms with van der Waals surface area (Å²) >= 11 is 1.60. The first-order valence-electron chi connectivity index (χ1n) is 6.63. The summed E-state index contributed by atoms with van der Waals surface area (Å²) < 4.78 is 1.14. The molecule has 0 aliphatic heterocycles. The molecule has 0 fully saturated rings. The zero-order valence-electron chi connectivity index (χ0n) is 10.9. The third-order valence-electron chi connectivity index (χ3n) is 2.97. The number of thiazole rings is 1. The molecule has 0 atom stereocenters. The van der Waals surface area contributed by atoms with Gasteiger partial charge in [-0.25, -0.2) is 4.98 Å². The van der Waals surface area contributed by atoms with Crippen molar-refractivity contribution in [3.63, 3.8) is 0 Å². The minimum atomic E-state index is 0.0716. The van der Waals surface area contributed by atoms with Gasteiger partial charge in [0.1, 0.15) is 0 Å². The van der Waals surface area contributed by atoms with Gasteiger partial charge in [0.25, 0.3) is 0 Å². The lowest BCUT2D eigenvalue weighted by Gasteiger charge is -2.05. The number of nitrogens with two attached hydrogens (primary N) is 1. The van der Waals surface area contributed by atoms with E-state index in [1.807, 2.05) is 23.7 Å². The normalized spacial score (nSPS) is 10.8. The van der Waals surface area contributed by atoms with Crippen molar-refractivity contribution in [2.75, 3.05) is 11.9 Å². The number of carbonyl (C=O) groups is 1. The van der Waals surface area contributed by atoms with Gasteiger partial charge in [-0.2, -0.15) is 0 Å². The van der Waals surface area contributed by atoms with Gasteiger partial charge in [0.2, 0.25) is 5.91 Å². The van der Waals surface area contributed by atoms with Crippen LogP contribution in [0.2, 0.25) is 0 Å². The lowest BCUT2D eigenvalue weighted by molar-refractivity contribution is -0.116. The molecule has 2 rings (SSSR count). The highest BCUT2D eigenvalue weighted by atomic mass is 32.1. The molecule has 1 aromatic carbocycles. The van der Waals surface area contributed by atoms with Crippen molar-refractivity contribution < 1.29 is 4.79 Å². The van der Waals surface area contributed by atoms with Crippen molar-refractivity contribution in [2.45, 2.75) is 32.1 Å². The average Bonchev–Trinajstić information content (AvgIpc) is 2.86. The van der Waals surface area contributed by atoms with Crippen LogP contribution in [-0.2, 0) is 4.79 Å². The van der Waals surface area contributed by atoms with Crippen LogP contribution in [0.25, 0.3) is 10.2 Å². The number of fused-ring (bicyclic) bond motifs is 1. The Hall–Kier alpha value is -1.46. The molecule has 0 aliphatic carbocycles. The Morgan fingerprint density at radius 3 is 2.95 bits per heavy atom. The lowest BCUT2D eigenvalue weighted by atomic mass is 10.1. The Labute approximate surface area is 117 Å². The van der Waals surface area contributed by atoms with Gasteiger partial charge in [-0.05, 0) is 37.6 Å². The molecular formula is C14H19N3OS. The van der Waals surface area contributed by atoms with Crippen LogP contribution in [0.15, 0.2) is 23.7 Å². The second-order valence-corrected chi connectivity index (χ2v) is 5.42. The molecule has 1 amide bonds. The van der Waals surface area contributed by atoms with Gasteiger partial charge in [-0.3, -0.25) is 4.79 Å². The van der Waals surface area contributed by atoms with Gasteiger partial charge in [-0.1, -0.05) is 12.8 Å². The van der Waals surface area contributed by atoms with Gasteiger partial charge in [0.05, 0.1) is 15.7 Å². The summed E-state index contributed by atoms with van der Waals surface area (Å²) in [5, 5.41) is 2.92. The number of hydrogen-bond donors (Lipinski definition) is 2. The van der Waals surface area contributed by atoms with E-state index < -0.39 is 0 Å².